The van der Waals surface area contributed by atoms with Crippen LogP contribution in [0.3, 0.4) is 0 Å². The third kappa shape index (κ3) is 3.56. The number of aromatic nitrogens is 4. The summed E-state index contributed by atoms with van der Waals surface area (Å²) in [4.78, 5) is 34.7. The summed E-state index contributed by atoms with van der Waals surface area (Å²) in [7, 11) is 0. The zero-order valence-electron chi connectivity index (χ0n) is 16.3. The third-order valence-electron chi connectivity index (χ3n) is 5.16. The maximum absolute atomic E-state index is 12.8. The molecule has 1 aliphatic rings. The van der Waals surface area contributed by atoms with Crippen LogP contribution in [-0.2, 0) is 6.42 Å². The second kappa shape index (κ2) is 7.58. The number of nitrogens with zero attached hydrogens (tertiary/aromatic N) is 4. The molecule has 7 nitrogen and oxygen atoms in total. The number of carbonyl (C=O) groups excluding carboxylic acids is 1. The van der Waals surface area contributed by atoms with Crippen molar-refractivity contribution in [1.29, 1.82) is 0 Å². The highest BCUT2D eigenvalue weighted by molar-refractivity contribution is 5.94. The number of carbonyl (C=O) groups is 1. The van der Waals surface area contributed by atoms with Crippen molar-refractivity contribution in [1.82, 2.24) is 24.6 Å². The average Bonchev–Trinajstić information content (AvgIpc) is 3.12. The van der Waals surface area contributed by atoms with Crippen molar-refractivity contribution in [2.45, 2.75) is 39.2 Å². The largest absolute Gasteiger partial charge is 0.337 e. The van der Waals surface area contributed by atoms with E-state index in [1.165, 1.54) is 0 Å². The normalized spacial score (nSPS) is 17.4. The van der Waals surface area contributed by atoms with Crippen molar-refractivity contribution < 1.29 is 4.79 Å². The summed E-state index contributed by atoms with van der Waals surface area (Å²) in [6.45, 7) is 5.49. The molecule has 1 unspecified atom stereocenters. The summed E-state index contributed by atoms with van der Waals surface area (Å²) in [5, 5.41) is 4.96. The molecular weight excluding hydrogens is 354 g/mol. The fraction of sp³-hybridized carbons (Fsp3) is 0.429. The Labute approximate surface area is 163 Å². The molecule has 0 bridgehead atoms. The molecule has 1 fully saturated rings. The second-order valence-corrected chi connectivity index (χ2v) is 7.85. The summed E-state index contributed by atoms with van der Waals surface area (Å²) >= 11 is 0. The van der Waals surface area contributed by atoms with E-state index in [4.69, 9.17) is 0 Å². The number of hydrogen-bond acceptors (Lipinski definition) is 4. The van der Waals surface area contributed by atoms with Gasteiger partial charge in [-0.15, -0.1) is 0 Å². The number of likely N-dealkylation sites (tertiary alicyclic amines) is 1. The van der Waals surface area contributed by atoms with Gasteiger partial charge in [-0.1, -0.05) is 32.0 Å². The fourth-order valence-corrected chi connectivity index (χ4v) is 3.83. The molecule has 0 aliphatic carbocycles. The van der Waals surface area contributed by atoms with Crippen molar-refractivity contribution in [3.8, 4) is 0 Å². The number of H-pyrrole nitrogens is 1. The number of piperidine rings is 1. The maximum Gasteiger partial charge on any atom is 0.262 e. The summed E-state index contributed by atoms with van der Waals surface area (Å²) in [6.07, 6.45) is 4.09. The fourth-order valence-electron chi connectivity index (χ4n) is 3.83. The van der Waals surface area contributed by atoms with Crippen molar-refractivity contribution in [3.05, 3.63) is 58.3 Å². The number of nitrogens with one attached hydrogen (secondary N) is 1. The van der Waals surface area contributed by atoms with Gasteiger partial charge >= 0.3 is 0 Å². The first-order valence-electron chi connectivity index (χ1n) is 9.83. The van der Waals surface area contributed by atoms with E-state index in [1.54, 1.807) is 6.20 Å². The molecule has 0 radical (unpaired) electrons. The van der Waals surface area contributed by atoms with Crippen molar-refractivity contribution in [2.75, 3.05) is 13.1 Å². The Kier molecular flexibility index (Phi) is 4.98. The lowest BCUT2D eigenvalue weighted by Gasteiger charge is -2.33. The number of aromatic amines is 1. The van der Waals surface area contributed by atoms with Gasteiger partial charge < -0.3 is 9.88 Å². The van der Waals surface area contributed by atoms with Crippen LogP contribution >= 0.6 is 0 Å². The molecule has 1 amide bonds. The van der Waals surface area contributed by atoms with Crippen LogP contribution in [0.5, 0.6) is 0 Å². The van der Waals surface area contributed by atoms with E-state index in [0.717, 1.165) is 19.4 Å². The lowest BCUT2D eigenvalue weighted by atomic mass is 10.0. The van der Waals surface area contributed by atoms with Gasteiger partial charge in [-0.2, -0.15) is 5.10 Å². The molecule has 1 aromatic carbocycles. The number of hydrogen-bond donors (Lipinski definition) is 1. The highest BCUT2D eigenvalue weighted by Gasteiger charge is 2.27. The molecule has 1 N–H and O–H groups in total. The Hall–Kier alpha value is -2.96. The third-order valence-corrected chi connectivity index (χ3v) is 5.16. The minimum absolute atomic E-state index is 0.0140. The van der Waals surface area contributed by atoms with Crippen LogP contribution in [0.2, 0.25) is 0 Å². The van der Waals surface area contributed by atoms with Crippen LogP contribution in [0.15, 0.2) is 41.3 Å². The van der Waals surface area contributed by atoms with Crippen molar-refractivity contribution in [2.24, 2.45) is 5.92 Å². The Morgan fingerprint density at radius 1 is 1.29 bits per heavy atom. The van der Waals surface area contributed by atoms with Crippen LogP contribution in [0.25, 0.3) is 11.0 Å². The zero-order chi connectivity index (χ0) is 19.7. The van der Waals surface area contributed by atoms with E-state index >= 15 is 0 Å². The molecule has 3 heterocycles. The van der Waals surface area contributed by atoms with Gasteiger partial charge in [-0.25, -0.2) is 9.67 Å². The van der Waals surface area contributed by atoms with Gasteiger partial charge in [0.05, 0.1) is 12.2 Å². The van der Waals surface area contributed by atoms with Crippen LogP contribution < -0.4 is 5.56 Å². The highest BCUT2D eigenvalue weighted by atomic mass is 16.2. The van der Waals surface area contributed by atoms with Gasteiger partial charge in [0.15, 0.2) is 5.65 Å². The van der Waals surface area contributed by atoms with E-state index in [2.05, 4.69) is 28.9 Å². The molecule has 1 saturated heterocycles. The summed E-state index contributed by atoms with van der Waals surface area (Å²) in [6, 6.07) is 9.36. The maximum atomic E-state index is 12.8. The second-order valence-electron chi connectivity index (χ2n) is 7.85. The van der Waals surface area contributed by atoms with Gasteiger partial charge in [-0.3, -0.25) is 9.59 Å². The molecule has 0 saturated carbocycles. The topological polar surface area (TPSA) is 83.9 Å². The standard InChI is InChI=1S/C21H25N5O2/c1-14(2)11-18-23-19-17(20(27)24-18)12-22-26(19)16-9-6-10-25(13-16)21(28)15-7-4-3-5-8-15/h3-5,7-8,12,14,16H,6,9-11,13H2,1-2H3,(H,23,24,27). The van der Waals surface area contributed by atoms with E-state index in [9.17, 15) is 9.59 Å². The van der Waals surface area contributed by atoms with Gasteiger partial charge in [0.2, 0.25) is 0 Å². The van der Waals surface area contributed by atoms with E-state index in [0.29, 0.717) is 41.3 Å². The Bertz CT molecular complexity index is 1040. The smallest absolute Gasteiger partial charge is 0.262 e. The van der Waals surface area contributed by atoms with Gasteiger partial charge in [0, 0.05) is 25.1 Å². The lowest BCUT2D eigenvalue weighted by Crippen LogP contribution is -2.41. The molecular formula is C21H25N5O2. The zero-order valence-corrected chi connectivity index (χ0v) is 16.3. The van der Waals surface area contributed by atoms with Gasteiger partial charge in [0.25, 0.3) is 11.5 Å². The minimum atomic E-state index is -0.153. The first-order chi connectivity index (χ1) is 13.5. The first kappa shape index (κ1) is 18.4. The number of amides is 1. The molecule has 28 heavy (non-hydrogen) atoms. The number of benzene rings is 1. The monoisotopic (exact) mass is 379 g/mol. The Balaban J connectivity index is 1.63. The molecule has 1 atom stereocenters. The number of fused-ring (bicyclic) bond motifs is 1. The van der Waals surface area contributed by atoms with Crippen LogP contribution in [-0.4, -0.2) is 43.6 Å². The predicted octanol–water partition coefficient (Wildman–Crippen LogP) is 2.80. The summed E-state index contributed by atoms with van der Waals surface area (Å²) in [5.74, 6) is 1.11. The van der Waals surface area contributed by atoms with Gasteiger partial charge in [-0.05, 0) is 30.9 Å². The average molecular weight is 379 g/mol. The molecule has 3 aromatic rings. The molecule has 1 aliphatic heterocycles. The SMILES string of the molecule is CC(C)Cc1nc2c(cnn2C2CCCN(C(=O)c3ccccc3)C2)c(=O)[nH]1. The molecule has 146 valence electrons. The number of rotatable bonds is 4. The quantitative estimate of drug-likeness (QED) is 0.755. The van der Waals surface area contributed by atoms with Crippen LogP contribution in [0, 0.1) is 5.92 Å². The summed E-state index contributed by atoms with van der Waals surface area (Å²) < 4.78 is 1.83. The Morgan fingerprint density at radius 2 is 2.07 bits per heavy atom. The lowest BCUT2D eigenvalue weighted by molar-refractivity contribution is 0.0675. The van der Waals surface area contributed by atoms with Crippen LogP contribution in [0.4, 0.5) is 0 Å². The molecule has 4 rings (SSSR count). The molecule has 2 aromatic heterocycles. The highest BCUT2D eigenvalue weighted by Crippen LogP contribution is 2.25. The Morgan fingerprint density at radius 3 is 2.82 bits per heavy atom. The van der Waals surface area contributed by atoms with Crippen molar-refractivity contribution >= 4 is 16.9 Å². The molecule has 7 heteroatoms. The van der Waals surface area contributed by atoms with E-state index in [-0.39, 0.29) is 17.5 Å². The van der Waals surface area contributed by atoms with E-state index < -0.39 is 0 Å². The first-order valence-corrected chi connectivity index (χ1v) is 9.83. The van der Waals surface area contributed by atoms with Crippen molar-refractivity contribution in [3.63, 3.8) is 0 Å². The van der Waals surface area contributed by atoms with Gasteiger partial charge in [0.1, 0.15) is 11.2 Å². The van der Waals surface area contributed by atoms with Crippen LogP contribution in [0.1, 0.15) is 48.9 Å². The molecule has 0 spiro atoms. The summed E-state index contributed by atoms with van der Waals surface area (Å²) in [5.41, 5.74) is 1.15. The van der Waals surface area contributed by atoms with E-state index in [1.807, 2.05) is 39.9 Å². The predicted molar refractivity (Wildman–Crippen MR) is 107 cm³/mol. The minimum Gasteiger partial charge on any atom is -0.337 e.